The Bertz CT molecular complexity index is 1210. The van der Waals surface area contributed by atoms with E-state index < -0.39 is 17.7 Å². The third-order valence-electron chi connectivity index (χ3n) is 5.29. The lowest BCUT2D eigenvalue weighted by atomic mass is 9.95. The van der Waals surface area contributed by atoms with Crippen LogP contribution in [0.5, 0.6) is 11.5 Å². The molecule has 0 spiro atoms. The number of phenolic OH excluding ortho intramolecular Hbond substituents is 1. The molecule has 1 aliphatic heterocycles. The third-order valence-corrected chi connectivity index (χ3v) is 6.36. The van der Waals surface area contributed by atoms with Crippen LogP contribution in [0.15, 0.2) is 54.1 Å². The molecular weight excluding hydrogens is 428 g/mol. The van der Waals surface area contributed by atoms with Crippen molar-refractivity contribution in [2.45, 2.75) is 26.8 Å². The molecule has 7 nitrogen and oxygen atoms in total. The van der Waals surface area contributed by atoms with E-state index in [9.17, 15) is 19.8 Å². The van der Waals surface area contributed by atoms with Gasteiger partial charge in [0.1, 0.15) is 17.3 Å². The van der Waals surface area contributed by atoms with E-state index in [0.717, 1.165) is 10.6 Å². The van der Waals surface area contributed by atoms with Gasteiger partial charge < -0.3 is 14.9 Å². The van der Waals surface area contributed by atoms with Crippen LogP contribution in [0, 0.1) is 13.8 Å². The molecule has 1 aliphatic rings. The number of ether oxygens (including phenoxy) is 1. The molecule has 0 saturated carbocycles. The normalized spacial score (nSPS) is 17.7. The van der Waals surface area contributed by atoms with Gasteiger partial charge in [-0.25, -0.2) is 4.98 Å². The van der Waals surface area contributed by atoms with Gasteiger partial charge in [0.25, 0.3) is 5.78 Å². The van der Waals surface area contributed by atoms with Gasteiger partial charge in [0, 0.05) is 10.4 Å². The standard InChI is InChI=1S/C24H22N2O5S/c1-4-31-18-10-8-15(9-11-18)21(28)19-20(16-6-5-7-17(27)12-16)26(23(30)22(19)29)24-25-13(2)14(3)32-24/h5-12,20,27-28H,4H2,1-3H3/b21-19+. The number of aromatic hydroxyl groups is 1. The monoisotopic (exact) mass is 450 g/mol. The number of hydrogen-bond acceptors (Lipinski definition) is 7. The zero-order valence-corrected chi connectivity index (χ0v) is 18.6. The number of aliphatic hydroxyl groups is 1. The number of Topliss-reactive ketones (excluding diaryl/α,β-unsaturated/α-hetero) is 1. The number of aliphatic hydroxyl groups excluding tert-OH is 1. The number of amides is 1. The van der Waals surface area contributed by atoms with Crippen LogP contribution < -0.4 is 9.64 Å². The van der Waals surface area contributed by atoms with Crippen molar-refractivity contribution in [3.8, 4) is 11.5 Å². The highest BCUT2D eigenvalue weighted by molar-refractivity contribution is 7.16. The average Bonchev–Trinajstić information content (AvgIpc) is 3.24. The number of ketones is 1. The van der Waals surface area contributed by atoms with Crippen molar-refractivity contribution in [2.75, 3.05) is 11.5 Å². The Morgan fingerprint density at radius 2 is 1.88 bits per heavy atom. The topological polar surface area (TPSA) is 100.0 Å². The SMILES string of the molecule is CCOc1ccc(/C(O)=C2\C(=O)C(=O)N(c3nc(C)c(C)s3)C2c2cccc(O)c2)cc1. The Labute approximate surface area is 189 Å². The number of aryl methyl sites for hydroxylation is 2. The van der Waals surface area contributed by atoms with Crippen molar-refractivity contribution in [3.05, 3.63) is 75.8 Å². The van der Waals surface area contributed by atoms with Crippen LogP contribution in [0.25, 0.3) is 5.76 Å². The van der Waals surface area contributed by atoms with Crippen LogP contribution in [0.4, 0.5) is 5.13 Å². The summed E-state index contributed by atoms with van der Waals surface area (Å²) in [5.74, 6) is -1.27. The molecule has 2 heterocycles. The first kappa shape index (κ1) is 21.6. The van der Waals surface area contributed by atoms with Gasteiger partial charge >= 0.3 is 5.91 Å². The molecule has 1 aromatic heterocycles. The lowest BCUT2D eigenvalue weighted by Gasteiger charge is -2.23. The zero-order chi connectivity index (χ0) is 23.0. The van der Waals surface area contributed by atoms with Crippen molar-refractivity contribution in [1.29, 1.82) is 0 Å². The summed E-state index contributed by atoms with van der Waals surface area (Å²) < 4.78 is 5.43. The largest absolute Gasteiger partial charge is 0.508 e. The lowest BCUT2D eigenvalue weighted by molar-refractivity contribution is -0.132. The third kappa shape index (κ3) is 3.73. The summed E-state index contributed by atoms with van der Waals surface area (Å²) in [5, 5.41) is 21.5. The van der Waals surface area contributed by atoms with Gasteiger partial charge in [0.05, 0.1) is 23.9 Å². The smallest absolute Gasteiger partial charge is 0.301 e. The van der Waals surface area contributed by atoms with Crippen LogP contribution in [0.2, 0.25) is 0 Å². The molecule has 1 amide bonds. The quantitative estimate of drug-likeness (QED) is 0.338. The Hall–Kier alpha value is -3.65. The van der Waals surface area contributed by atoms with Crippen LogP contribution in [-0.2, 0) is 9.59 Å². The van der Waals surface area contributed by atoms with Gasteiger partial charge in [0.2, 0.25) is 0 Å². The Morgan fingerprint density at radius 1 is 1.16 bits per heavy atom. The van der Waals surface area contributed by atoms with Crippen LogP contribution in [-0.4, -0.2) is 33.5 Å². The highest BCUT2D eigenvalue weighted by atomic mass is 32.1. The molecule has 8 heteroatoms. The van der Waals surface area contributed by atoms with E-state index in [1.165, 1.54) is 28.4 Å². The number of thiazole rings is 1. The zero-order valence-electron chi connectivity index (χ0n) is 17.8. The van der Waals surface area contributed by atoms with E-state index in [-0.39, 0.29) is 17.1 Å². The summed E-state index contributed by atoms with van der Waals surface area (Å²) >= 11 is 1.30. The Kier molecular flexibility index (Phi) is 5.71. The molecule has 0 radical (unpaired) electrons. The maximum Gasteiger partial charge on any atom is 0.301 e. The van der Waals surface area contributed by atoms with Gasteiger partial charge in [-0.3, -0.25) is 14.5 Å². The Balaban J connectivity index is 1.90. The number of hydrogen-bond donors (Lipinski definition) is 2. The van der Waals surface area contributed by atoms with E-state index in [2.05, 4.69) is 4.98 Å². The summed E-state index contributed by atoms with van der Waals surface area (Å²) in [7, 11) is 0. The molecular formula is C24H22N2O5S. The molecule has 3 aromatic rings. The van der Waals surface area contributed by atoms with Crippen LogP contribution >= 0.6 is 11.3 Å². The molecule has 164 valence electrons. The lowest BCUT2D eigenvalue weighted by Crippen LogP contribution is -2.29. The maximum absolute atomic E-state index is 13.1. The van der Waals surface area contributed by atoms with Gasteiger partial charge in [-0.05, 0) is 62.7 Å². The fourth-order valence-corrected chi connectivity index (χ4v) is 4.57. The van der Waals surface area contributed by atoms with Crippen molar-refractivity contribution in [2.24, 2.45) is 0 Å². The van der Waals surface area contributed by atoms with Gasteiger partial charge in [-0.15, -0.1) is 11.3 Å². The predicted octanol–water partition coefficient (Wildman–Crippen LogP) is 4.49. The van der Waals surface area contributed by atoms with Crippen LogP contribution in [0.3, 0.4) is 0 Å². The number of anilines is 1. The minimum Gasteiger partial charge on any atom is -0.508 e. The van der Waals surface area contributed by atoms with E-state index in [0.29, 0.717) is 28.6 Å². The highest BCUT2D eigenvalue weighted by Gasteiger charge is 2.48. The molecule has 1 saturated heterocycles. The summed E-state index contributed by atoms with van der Waals surface area (Å²) in [4.78, 5) is 32.9. The molecule has 0 bridgehead atoms. The first-order valence-electron chi connectivity index (χ1n) is 10.1. The number of carbonyl (C=O) groups excluding carboxylic acids is 2. The second kappa shape index (κ2) is 8.47. The second-order valence-electron chi connectivity index (χ2n) is 7.36. The highest BCUT2D eigenvalue weighted by Crippen LogP contribution is 2.44. The van der Waals surface area contributed by atoms with E-state index in [1.54, 1.807) is 36.4 Å². The van der Waals surface area contributed by atoms with Crippen molar-refractivity contribution in [1.82, 2.24) is 4.98 Å². The number of rotatable bonds is 5. The van der Waals surface area contributed by atoms with Crippen molar-refractivity contribution >= 4 is 33.9 Å². The number of aromatic nitrogens is 1. The minimum absolute atomic E-state index is 0.0133. The molecule has 32 heavy (non-hydrogen) atoms. The van der Waals surface area contributed by atoms with Gasteiger partial charge in [-0.2, -0.15) is 0 Å². The summed E-state index contributed by atoms with van der Waals surface area (Å²) in [6.07, 6.45) is 0. The minimum atomic E-state index is -0.932. The fourth-order valence-electron chi connectivity index (χ4n) is 3.63. The molecule has 4 rings (SSSR count). The van der Waals surface area contributed by atoms with Gasteiger partial charge in [0.15, 0.2) is 5.13 Å². The number of carbonyl (C=O) groups is 2. The Morgan fingerprint density at radius 3 is 2.47 bits per heavy atom. The summed E-state index contributed by atoms with van der Waals surface area (Å²) in [6, 6.07) is 12.0. The number of phenols is 1. The summed E-state index contributed by atoms with van der Waals surface area (Å²) in [5.41, 5.74) is 1.56. The first-order chi connectivity index (χ1) is 15.3. The number of nitrogens with zero attached hydrogens (tertiary/aromatic N) is 2. The van der Waals surface area contributed by atoms with E-state index in [4.69, 9.17) is 4.74 Å². The van der Waals surface area contributed by atoms with Crippen LogP contribution in [0.1, 0.15) is 34.7 Å². The van der Waals surface area contributed by atoms with E-state index >= 15 is 0 Å². The fraction of sp³-hybridized carbons (Fsp3) is 0.208. The van der Waals surface area contributed by atoms with Crippen molar-refractivity contribution < 1.29 is 24.5 Å². The molecule has 1 unspecified atom stereocenters. The maximum atomic E-state index is 13.1. The molecule has 1 fully saturated rings. The summed E-state index contributed by atoms with van der Waals surface area (Å²) in [6.45, 7) is 6.08. The first-order valence-corrected chi connectivity index (χ1v) is 10.9. The predicted molar refractivity (Wildman–Crippen MR) is 122 cm³/mol. The molecule has 2 aromatic carbocycles. The average molecular weight is 451 g/mol. The molecule has 1 atom stereocenters. The van der Waals surface area contributed by atoms with Crippen molar-refractivity contribution in [3.63, 3.8) is 0 Å². The van der Waals surface area contributed by atoms with Gasteiger partial charge in [-0.1, -0.05) is 12.1 Å². The van der Waals surface area contributed by atoms with E-state index in [1.807, 2.05) is 20.8 Å². The molecule has 0 aliphatic carbocycles. The molecule has 2 N–H and O–H groups in total. The second-order valence-corrected chi connectivity index (χ2v) is 8.54. The number of benzene rings is 2.